The first-order chi connectivity index (χ1) is 21.1. The summed E-state index contributed by atoms with van der Waals surface area (Å²) in [6.07, 6.45) is -0.0245. The van der Waals surface area contributed by atoms with E-state index in [0.29, 0.717) is 5.49 Å². The normalized spacial score (nSPS) is 13.4. The molecule has 0 saturated heterocycles. The zero-order valence-corrected chi connectivity index (χ0v) is 28.6. The van der Waals surface area contributed by atoms with Gasteiger partial charge in [0.05, 0.1) is 7.11 Å². The molecule has 3 aromatic carbocycles. The van der Waals surface area contributed by atoms with Crippen molar-refractivity contribution < 1.29 is 28.7 Å². The van der Waals surface area contributed by atoms with Crippen LogP contribution in [0.2, 0.25) is 0 Å². The third-order valence-electron chi connectivity index (χ3n) is 6.97. The van der Waals surface area contributed by atoms with Crippen LogP contribution in [0.5, 0.6) is 0 Å². The van der Waals surface area contributed by atoms with Crippen molar-refractivity contribution in [2.75, 3.05) is 32.0 Å². The van der Waals surface area contributed by atoms with E-state index in [4.69, 9.17) is 5.73 Å². The number of halogens is 1. The minimum Gasteiger partial charge on any atom is 0.0806 e. The summed E-state index contributed by atoms with van der Waals surface area (Å²) in [6, 6.07) is 29.1. The second-order valence-corrected chi connectivity index (χ2v) is 21.7. The minimum absolute atomic E-state index is 0.0559. The van der Waals surface area contributed by atoms with Crippen LogP contribution in [-0.2, 0) is 28.7 Å². The number of amides is 2. The Labute approximate surface area is 273 Å². The van der Waals surface area contributed by atoms with Gasteiger partial charge in [0.1, 0.15) is 0 Å². The fourth-order valence-electron chi connectivity index (χ4n) is 4.50. The van der Waals surface area contributed by atoms with Gasteiger partial charge < -0.3 is 0 Å². The summed E-state index contributed by atoms with van der Waals surface area (Å²) in [5.74, 6) is -2.00. The van der Waals surface area contributed by atoms with Gasteiger partial charge in [-0.15, -0.1) is 0 Å². The summed E-state index contributed by atoms with van der Waals surface area (Å²) in [5, 5.41) is 5.52. The van der Waals surface area contributed by atoms with Gasteiger partial charge in [0.25, 0.3) is 0 Å². The molecule has 0 bridgehead atoms. The molecule has 0 aromatic heterocycles. The summed E-state index contributed by atoms with van der Waals surface area (Å²) < 4.78 is 9.24. The SMILES string of the molecule is COC(=O)CNC(=O)[C@H](CSSCP(Br)(c1ccccc1)(c1ccccc1)c1ccccc1)NC(=O)CC[C@H](N)C(=O)OC. The van der Waals surface area contributed by atoms with Crippen molar-refractivity contribution in [3.05, 3.63) is 91.0 Å². The number of nitrogens with one attached hydrogen (secondary N) is 2. The quantitative estimate of drug-likeness (QED) is 0.0882. The van der Waals surface area contributed by atoms with E-state index in [2.05, 4.69) is 72.0 Å². The van der Waals surface area contributed by atoms with Crippen molar-refractivity contribution in [3.63, 3.8) is 0 Å². The Balaban J connectivity index is 1.84. The number of ether oxygens (including phenoxy) is 2. The van der Waals surface area contributed by atoms with Gasteiger partial charge >= 0.3 is 268 Å². The smallest absolute Gasteiger partial charge is 0.0806 e. The third-order valence-corrected chi connectivity index (χ3v) is 21.5. The van der Waals surface area contributed by atoms with Crippen LogP contribution in [-0.4, -0.2) is 67.8 Å². The summed E-state index contributed by atoms with van der Waals surface area (Å²) in [4.78, 5) is 49.1. The molecule has 0 aliphatic heterocycles. The Morgan fingerprint density at radius 2 is 1.32 bits per heavy atom. The number of esters is 2. The van der Waals surface area contributed by atoms with E-state index in [1.807, 2.05) is 54.6 Å². The Morgan fingerprint density at radius 3 is 1.77 bits per heavy atom. The summed E-state index contributed by atoms with van der Waals surface area (Å²) in [5.41, 5.74) is 6.41. The van der Waals surface area contributed by atoms with Crippen LogP contribution < -0.4 is 32.3 Å². The number of rotatable bonds is 16. The van der Waals surface area contributed by atoms with Crippen LogP contribution in [0, 0.1) is 0 Å². The molecule has 44 heavy (non-hydrogen) atoms. The topological polar surface area (TPSA) is 137 Å². The van der Waals surface area contributed by atoms with Crippen molar-refractivity contribution in [1.82, 2.24) is 10.6 Å². The number of carbonyl (C=O) groups excluding carboxylic acids is 4. The molecule has 0 spiro atoms. The fraction of sp³-hybridized carbons (Fsp3) is 0.290. The number of hydrogen-bond acceptors (Lipinski definition) is 9. The average Bonchev–Trinajstić information content (AvgIpc) is 3.07. The van der Waals surface area contributed by atoms with Crippen molar-refractivity contribution in [2.45, 2.75) is 24.9 Å². The zero-order valence-electron chi connectivity index (χ0n) is 24.5. The maximum atomic E-state index is 13.1. The van der Waals surface area contributed by atoms with Crippen molar-refractivity contribution in [1.29, 1.82) is 0 Å². The first-order valence-electron chi connectivity index (χ1n) is 13.7. The molecule has 0 radical (unpaired) electrons. The standard InChI is InChI=1S/C31H37BrN3O6PS2/c1-40-29(37)20-34-30(38)27(35-28(36)19-18-26(33)31(39)41-2)21-43-44-22-42(32,23-12-6-3-7-13-23,24-14-8-4-9-15-24)25-16-10-5-11-17-25/h3-17,26-27H,18-22,33H2,1-2H3,(H,34,38)(H,35,36)/t26-,27-/m0/s1. The molecule has 13 heteroatoms. The second kappa shape index (κ2) is 17.0. The number of hydrogen-bond donors (Lipinski definition) is 3. The molecule has 0 aliphatic carbocycles. The summed E-state index contributed by atoms with van der Waals surface area (Å²) >= 11 is 4.40. The van der Waals surface area contributed by atoms with Crippen LogP contribution in [0.1, 0.15) is 12.8 Å². The number of methoxy groups -OCH3 is 2. The molecule has 236 valence electrons. The number of carbonyl (C=O) groups is 4. The Hall–Kier alpha value is -2.89. The molecule has 2 atom stereocenters. The van der Waals surface area contributed by atoms with Crippen LogP contribution in [0.4, 0.5) is 0 Å². The van der Waals surface area contributed by atoms with E-state index in [0.717, 1.165) is 15.9 Å². The molecule has 0 saturated carbocycles. The van der Waals surface area contributed by atoms with Gasteiger partial charge in [-0.1, -0.05) is 0 Å². The minimum atomic E-state index is -3.20. The first kappa shape index (κ1) is 35.6. The summed E-state index contributed by atoms with van der Waals surface area (Å²) in [7, 11) is 5.48. The Morgan fingerprint density at radius 1 is 0.818 bits per heavy atom. The van der Waals surface area contributed by atoms with Gasteiger partial charge in [-0.25, -0.2) is 0 Å². The van der Waals surface area contributed by atoms with Crippen LogP contribution >= 0.6 is 42.4 Å². The molecule has 0 fully saturated rings. The summed E-state index contributed by atoms with van der Waals surface area (Å²) in [6.45, 7) is -0.333. The van der Waals surface area contributed by atoms with Gasteiger partial charge in [0, 0.05) is 0 Å². The van der Waals surface area contributed by atoms with Gasteiger partial charge in [0.2, 0.25) is 0 Å². The van der Waals surface area contributed by atoms with E-state index in [1.54, 1.807) is 10.8 Å². The molecule has 9 nitrogen and oxygen atoms in total. The van der Waals surface area contributed by atoms with E-state index < -0.39 is 41.1 Å². The van der Waals surface area contributed by atoms with Gasteiger partial charge in [-0.2, -0.15) is 0 Å². The molecule has 4 N–H and O–H groups in total. The van der Waals surface area contributed by atoms with E-state index in [-0.39, 0.29) is 25.1 Å². The molecule has 0 heterocycles. The van der Waals surface area contributed by atoms with E-state index in [1.165, 1.54) is 25.0 Å². The average molecular weight is 723 g/mol. The zero-order chi connectivity index (χ0) is 32.0. The van der Waals surface area contributed by atoms with Gasteiger partial charge in [-0.05, 0) is 0 Å². The molecular formula is C31H37BrN3O6PS2. The van der Waals surface area contributed by atoms with E-state index in [9.17, 15) is 19.2 Å². The predicted molar refractivity (Wildman–Crippen MR) is 185 cm³/mol. The second-order valence-electron chi connectivity index (χ2n) is 9.80. The molecule has 3 rings (SSSR count). The fourth-order valence-corrected chi connectivity index (χ4v) is 18.7. The van der Waals surface area contributed by atoms with Crippen molar-refractivity contribution in [3.8, 4) is 0 Å². The van der Waals surface area contributed by atoms with Crippen LogP contribution in [0.3, 0.4) is 0 Å². The molecule has 2 amide bonds. The molecular weight excluding hydrogens is 685 g/mol. The number of benzene rings is 3. The monoisotopic (exact) mass is 721 g/mol. The van der Waals surface area contributed by atoms with Crippen LogP contribution in [0.15, 0.2) is 91.0 Å². The Bertz CT molecular complexity index is 1310. The third kappa shape index (κ3) is 8.85. The number of nitrogens with two attached hydrogens (primary N) is 1. The van der Waals surface area contributed by atoms with Gasteiger partial charge in [0.15, 0.2) is 0 Å². The van der Waals surface area contributed by atoms with Gasteiger partial charge in [-0.3, -0.25) is 0 Å². The molecule has 3 aromatic rings. The Kier molecular flexibility index (Phi) is 13.7. The molecule has 0 aliphatic rings. The van der Waals surface area contributed by atoms with Crippen molar-refractivity contribution >= 4 is 82.0 Å². The first-order valence-corrected chi connectivity index (χ1v) is 20.7. The molecule has 0 unspecified atom stereocenters. The van der Waals surface area contributed by atoms with E-state index >= 15 is 0 Å². The predicted octanol–water partition coefficient (Wildman–Crippen LogP) is 3.22. The van der Waals surface area contributed by atoms with Crippen molar-refractivity contribution in [2.24, 2.45) is 5.73 Å². The van der Waals surface area contributed by atoms with Crippen LogP contribution in [0.25, 0.3) is 0 Å². The maximum absolute atomic E-state index is 13.1.